The molecule has 0 bridgehead atoms. The van der Waals surface area contributed by atoms with Gasteiger partial charge in [-0.05, 0) is 47.7 Å². The minimum absolute atomic E-state index is 0.186. The Balaban J connectivity index is 1.60. The lowest BCUT2D eigenvalue weighted by Gasteiger charge is -2.20. The predicted octanol–water partition coefficient (Wildman–Crippen LogP) is 6.16. The van der Waals surface area contributed by atoms with Crippen LogP contribution in [0.3, 0.4) is 0 Å². The van der Waals surface area contributed by atoms with Crippen molar-refractivity contribution in [1.29, 1.82) is 0 Å². The van der Waals surface area contributed by atoms with E-state index in [1.165, 1.54) is 0 Å². The minimum atomic E-state index is -1.00. The molecule has 7 nitrogen and oxygen atoms in total. The van der Waals surface area contributed by atoms with E-state index < -0.39 is 18.0 Å². The third-order valence-electron chi connectivity index (χ3n) is 7.40. The highest BCUT2D eigenvalue weighted by Gasteiger charge is 2.30. The number of hydrogen-bond donors (Lipinski definition) is 3. The predicted molar refractivity (Wildman–Crippen MR) is 147 cm³/mol. The number of pyridine rings is 1. The van der Waals surface area contributed by atoms with Crippen LogP contribution in [0.2, 0.25) is 5.02 Å². The van der Waals surface area contributed by atoms with Crippen molar-refractivity contribution < 1.29 is 19.8 Å². The Morgan fingerprint density at radius 1 is 1.05 bits per heavy atom. The Hall–Kier alpha value is -3.68. The van der Waals surface area contributed by atoms with Gasteiger partial charge in [0.1, 0.15) is 18.5 Å². The fraction of sp³-hybridized carbons (Fsp3) is 0.300. The zero-order chi connectivity index (χ0) is 26.6. The number of amides is 1. The van der Waals surface area contributed by atoms with Crippen LogP contribution in [-0.4, -0.2) is 31.6 Å². The monoisotopic (exact) mass is 531 g/mol. The number of halogens is 1. The topological polar surface area (TPSA) is 104 Å². The van der Waals surface area contributed by atoms with E-state index in [-0.39, 0.29) is 12.5 Å². The van der Waals surface area contributed by atoms with E-state index in [0.29, 0.717) is 45.2 Å². The number of aromatic nitrogens is 2. The number of aliphatic hydroxyl groups excluding tert-OH is 1. The Bertz CT molecular complexity index is 1430. The largest absolute Gasteiger partial charge is 0.480 e. The molecule has 4 aromatic rings. The van der Waals surface area contributed by atoms with Gasteiger partial charge in [-0.2, -0.15) is 0 Å². The molecule has 2 unspecified atom stereocenters. The molecule has 1 aliphatic carbocycles. The van der Waals surface area contributed by atoms with Gasteiger partial charge in [0, 0.05) is 33.9 Å². The van der Waals surface area contributed by atoms with Crippen LogP contribution >= 0.6 is 11.6 Å². The van der Waals surface area contributed by atoms with Crippen LogP contribution in [0.4, 0.5) is 5.82 Å². The van der Waals surface area contributed by atoms with Crippen LogP contribution in [0, 0.1) is 5.92 Å². The summed E-state index contributed by atoms with van der Waals surface area (Å²) in [5.74, 6) is -0.830. The third-order valence-corrected chi connectivity index (χ3v) is 7.73. The second-order valence-electron chi connectivity index (χ2n) is 9.95. The molecule has 1 fully saturated rings. The normalized spacial score (nSPS) is 15.4. The van der Waals surface area contributed by atoms with Gasteiger partial charge in [0.15, 0.2) is 0 Å². The smallest absolute Gasteiger partial charge is 0.323 e. The van der Waals surface area contributed by atoms with Gasteiger partial charge >= 0.3 is 5.97 Å². The van der Waals surface area contributed by atoms with Crippen molar-refractivity contribution in [1.82, 2.24) is 9.55 Å². The molecular formula is C30H30ClN3O4. The number of aliphatic hydroxyl groups is 1. The number of hydrogen-bond acceptors (Lipinski definition) is 4. The number of rotatable bonds is 9. The Morgan fingerprint density at radius 3 is 2.47 bits per heavy atom. The number of fused-ring (bicyclic) bond motifs is 1. The van der Waals surface area contributed by atoms with Gasteiger partial charge in [-0.3, -0.25) is 9.59 Å². The highest BCUT2D eigenvalue weighted by atomic mass is 35.5. The number of nitrogens with one attached hydrogen (secondary N) is 1. The second kappa shape index (κ2) is 11.4. The first kappa shape index (κ1) is 25.9. The van der Waals surface area contributed by atoms with Gasteiger partial charge < -0.3 is 20.1 Å². The van der Waals surface area contributed by atoms with Crippen molar-refractivity contribution in [2.45, 2.75) is 50.7 Å². The van der Waals surface area contributed by atoms with Crippen molar-refractivity contribution in [2.75, 3.05) is 5.32 Å². The van der Waals surface area contributed by atoms with Gasteiger partial charge in [0.05, 0.1) is 5.92 Å². The van der Waals surface area contributed by atoms with E-state index in [9.17, 15) is 19.8 Å². The number of carbonyl (C=O) groups excluding carboxylic acids is 1. The summed E-state index contributed by atoms with van der Waals surface area (Å²) >= 11 is 6.72. The van der Waals surface area contributed by atoms with Gasteiger partial charge in [-0.1, -0.05) is 73.7 Å². The Morgan fingerprint density at radius 2 is 1.79 bits per heavy atom. The van der Waals surface area contributed by atoms with Crippen LogP contribution in [-0.2, 0) is 16.1 Å². The van der Waals surface area contributed by atoms with Crippen molar-refractivity contribution >= 4 is 40.2 Å². The summed E-state index contributed by atoms with van der Waals surface area (Å²) in [5, 5.41) is 24.7. The number of carboxylic acids is 1. The summed E-state index contributed by atoms with van der Waals surface area (Å²) in [5.41, 5.74) is 2.49. The second-order valence-corrected chi connectivity index (χ2v) is 10.4. The molecule has 2 aromatic heterocycles. The molecule has 2 atom stereocenters. The standard InChI is InChI=1S/C30H30ClN3O4/c31-25-15-21-24(22(14-19-8-4-5-9-19)30(38)33-27-12-6-7-13-32-27)17-34(18-28(35)36)26(21)16-23(25)29(37)20-10-2-1-3-11-20/h1-3,6-7,10-13,15-17,19,22,29,37H,4-5,8-9,14,18H2,(H,35,36)(H,32,33,38). The van der Waals surface area contributed by atoms with E-state index in [2.05, 4.69) is 10.3 Å². The molecule has 2 aromatic carbocycles. The molecule has 3 N–H and O–H groups in total. The van der Waals surface area contributed by atoms with Crippen LogP contribution in [0.1, 0.15) is 60.8 Å². The molecular weight excluding hydrogens is 502 g/mol. The Kier molecular flexibility index (Phi) is 7.77. The van der Waals surface area contributed by atoms with Crippen molar-refractivity contribution in [2.24, 2.45) is 5.92 Å². The SMILES string of the molecule is O=C(O)Cn1cc(C(CC2CCCC2)C(=O)Nc2ccccn2)c2cc(Cl)c(C(O)c3ccccc3)cc21. The summed E-state index contributed by atoms with van der Waals surface area (Å²) in [6.07, 6.45) is 7.47. The lowest BCUT2D eigenvalue weighted by Crippen LogP contribution is -2.23. The van der Waals surface area contributed by atoms with Gasteiger partial charge in [0.2, 0.25) is 5.91 Å². The van der Waals surface area contributed by atoms with Crippen LogP contribution in [0.25, 0.3) is 10.9 Å². The van der Waals surface area contributed by atoms with E-state index in [1.807, 2.05) is 36.4 Å². The maximum atomic E-state index is 13.7. The zero-order valence-electron chi connectivity index (χ0n) is 20.9. The maximum absolute atomic E-state index is 13.7. The molecule has 196 valence electrons. The van der Waals surface area contributed by atoms with Crippen LogP contribution < -0.4 is 5.32 Å². The van der Waals surface area contributed by atoms with E-state index in [4.69, 9.17) is 11.6 Å². The molecule has 38 heavy (non-hydrogen) atoms. The van der Waals surface area contributed by atoms with Gasteiger partial charge in [-0.25, -0.2) is 4.98 Å². The summed E-state index contributed by atoms with van der Waals surface area (Å²) in [7, 11) is 0. The van der Waals surface area contributed by atoms with Crippen molar-refractivity contribution in [3.05, 3.63) is 94.8 Å². The fourth-order valence-electron chi connectivity index (χ4n) is 5.54. The summed E-state index contributed by atoms with van der Waals surface area (Å²) in [4.78, 5) is 29.7. The molecule has 1 aliphatic rings. The van der Waals surface area contributed by atoms with E-state index >= 15 is 0 Å². The summed E-state index contributed by atoms with van der Waals surface area (Å²) < 4.78 is 1.63. The van der Waals surface area contributed by atoms with Crippen molar-refractivity contribution in [3.8, 4) is 0 Å². The number of benzene rings is 2. The lowest BCUT2D eigenvalue weighted by atomic mass is 9.86. The molecule has 1 saturated carbocycles. The molecule has 5 rings (SSSR count). The summed E-state index contributed by atoms with van der Waals surface area (Å²) in [6, 6.07) is 18.0. The maximum Gasteiger partial charge on any atom is 0.323 e. The molecule has 1 amide bonds. The van der Waals surface area contributed by atoms with E-state index in [0.717, 1.165) is 31.2 Å². The molecule has 0 aliphatic heterocycles. The van der Waals surface area contributed by atoms with Crippen LogP contribution in [0.15, 0.2) is 73.1 Å². The first-order valence-electron chi connectivity index (χ1n) is 12.9. The highest BCUT2D eigenvalue weighted by molar-refractivity contribution is 6.32. The average Bonchev–Trinajstić information content (AvgIpc) is 3.55. The Labute approximate surface area is 226 Å². The molecule has 2 heterocycles. The lowest BCUT2D eigenvalue weighted by molar-refractivity contribution is -0.137. The first-order chi connectivity index (χ1) is 18.4. The number of carboxylic acid groups (broad SMARTS) is 1. The molecule has 0 spiro atoms. The average molecular weight is 532 g/mol. The van der Waals surface area contributed by atoms with Gasteiger partial charge in [0.25, 0.3) is 0 Å². The first-order valence-corrected chi connectivity index (χ1v) is 13.3. The highest BCUT2D eigenvalue weighted by Crippen LogP contribution is 2.40. The van der Waals surface area contributed by atoms with Crippen LogP contribution in [0.5, 0.6) is 0 Å². The number of nitrogens with zero attached hydrogens (tertiary/aromatic N) is 2. The van der Waals surface area contributed by atoms with Crippen molar-refractivity contribution in [3.63, 3.8) is 0 Å². The number of anilines is 1. The molecule has 0 radical (unpaired) electrons. The molecule has 8 heteroatoms. The number of carbonyl (C=O) groups is 2. The molecule has 0 saturated heterocycles. The van der Waals surface area contributed by atoms with Gasteiger partial charge in [-0.15, -0.1) is 0 Å². The number of aliphatic carboxylic acids is 1. The third kappa shape index (κ3) is 5.59. The fourth-order valence-corrected chi connectivity index (χ4v) is 5.80. The quantitative estimate of drug-likeness (QED) is 0.240. The minimum Gasteiger partial charge on any atom is -0.480 e. The van der Waals surface area contributed by atoms with E-state index in [1.54, 1.807) is 41.2 Å². The summed E-state index contributed by atoms with van der Waals surface area (Å²) in [6.45, 7) is -0.281. The zero-order valence-corrected chi connectivity index (χ0v) is 21.6.